The van der Waals surface area contributed by atoms with E-state index in [-0.39, 0.29) is 5.82 Å². The fraction of sp³-hybridized carbons (Fsp3) is 0.571. The van der Waals surface area contributed by atoms with Gasteiger partial charge in [0.1, 0.15) is 5.82 Å². The summed E-state index contributed by atoms with van der Waals surface area (Å²) in [5, 5.41) is 3.40. The number of anilines is 1. The highest BCUT2D eigenvalue weighted by molar-refractivity contribution is 5.54. The van der Waals surface area contributed by atoms with Crippen LogP contribution in [0.25, 0.3) is 0 Å². The third-order valence-corrected chi connectivity index (χ3v) is 3.59. The van der Waals surface area contributed by atoms with Crippen LogP contribution in [0.2, 0.25) is 0 Å². The molecule has 0 unspecified atom stereocenters. The second kappa shape index (κ2) is 5.24. The maximum Gasteiger partial charge on any atom is 0.129 e. The molecule has 0 spiro atoms. The van der Waals surface area contributed by atoms with Gasteiger partial charge in [-0.3, -0.25) is 0 Å². The summed E-state index contributed by atoms with van der Waals surface area (Å²) in [7, 11) is 0. The van der Waals surface area contributed by atoms with Crippen LogP contribution >= 0.6 is 0 Å². The van der Waals surface area contributed by atoms with Gasteiger partial charge in [0, 0.05) is 36.9 Å². The number of ether oxygens (including phenoxy) is 1. The third-order valence-electron chi connectivity index (χ3n) is 3.59. The average Bonchev–Trinajstić information content (AvgIpc) is 3.22. The van der Waals surface area contributed by atoms with Crippen LogP contribution in [-0.2, 0) is 11.3 Å². The first kappa shape index (κ1) is 11.9. The van der Waals surface area contributed by atoms with Crippen LogP contribution in [0.15, 0.2) is 18.2 Å². The maximum atomic E-state index is 14.0. The van der Waals surface area contributed by atoms with Crippen molar-refractivity contribution in [2.45, 2.75) is 25.4 Å². The minimum absolute atomic E-state index is 0.104. The number of morpholine rings is 1. The van der Waals surface area contributed by atoms with E-state index in [4.69, 9.17) is 4.74 Å². The van der Waals surface area contributed by atoms with Crippen molar-refractivity contribution in [1.29, 1.82) is 0 Å². The molecule has 1 aromatic rings. The van der Waals surface area contributed by atoms with Gasteiger partial charge in [0.15, 0.2) is 0 Å². The summed E-state index contributed by atoms with van der Waals surface area (Å²) < 4.78 is 19.3. The van der Waals surface area contributed by atoms with Gasteiger partial charge < -0.3 is 15.0 Å². The lowest BCUT2D eigenvalue weighted by Crippen LogP contribution is -2.37. The van der Waals surface area contributed by atoms with Crippen molar-refractivity contribution in [3.63, 3.8) is 0 Å². The summed E-state index contributed by atoms with van der Waals surface area (Å²) in [6.45, 7) is 3.78. The smallest absolute Gasteiger partial charge is 0.129 e. The molecule has 2 aliphatic rings. The standard InChI is InChI=1S/C14H19FN2O/c15-13-2-1-3-14(17-6-8-18-9-7-17)12(13)10-16-11-4-5-11/h1-3,11,16H,4-10H2. The quantitative estimate of drug-likeness (QED) is 0.883. The monoisotopic (exact) mass is 250 g/mol. The van der Waals surface area contributed by atoms with Gasteiger partial charge in [0.05, 0.1) is 13.2 Å². The fourth-order valence-electron chi connectivity index (χ4n) is 2.36. The highest BCUT2D eigenvalue weighted by Crippen LogP contribution is 2.26. The molecule has 1 saturated carbocycles. The Morgan fingerprint density at radius 3 is 2.78 bits per heavy atom. The van der Waals surface area contributed by atoms with E-state index in [1.54, 1.807) is 12.1 Å². The fourth-order valence-corrected chi connectivity index (χ4v) is 2.36. The van der Waals surface area contributed by atoms with E-state index in [1.807, 2.05) is 6.07 Å². The van der Waals surface area contributed by atoms with E-state index in [0.717, 1.165) is 37.6 Å². The van der Waals surface area contributed by atoms with Crippen LogP contribution in [0.4, 0.5) is 10.1 Å². The van der Waals surface area contributed by atoms with Crippen LogP contribution in [-0.4, -0.2) is 32.3 Å². The highest BCUT2D eigenvalue weighted by Gasteiger charge is 2.22. The van der Waals surface area contributed by atoms with Crippen molar-refractivity contribution in [3.05, 3.63) is 29.6 Å². The topological polar surface area (TPSA) is 24.5 Å². The van der Waals surface area contributed by atoms with Gasteiger partial charge in [-0.2, -0.15) is 0 Å². The summed E-state index contributed by atoms with van der Waals surface area (Å²) in [5.41, 5.74) is 1.82. The van der Waals surface area contributed by atoms with E-state index in [0.29, 0.717) is 12.6 Å². The predicted octanol–water partition coefficient (Wildman–Crippen LogP) is 1.91. The molecule has 4 heteroatoms. The molecule has 1 aromatic carbocycles. The number of rotatable bonds is 4. The molecule has 98 valence electrons. The maximum absolute atomic E-state index is 14.0. The zero-order valence-electron chi connectivity index (χ0n) is 10.5. The van der Waals surface area contributed by atoms with Crippen LogP contribution in [0.3, 0.4) is 0 Å². The summed E-state index contributed by atoms with van der Waals surface area (Å²) >= 11 is 0. The molecule has 0 amide bonds. The summed E-state index contributed by atoms with van der Waals surface area (Å²) in [4.78, 5) is 2.22. The lowest BCUT2D eigenvalue weighted by Gasteiger charge is -2.30. The Morgan fingerprint density at radius 1 is 1.28 bits per heavy atom. The number of nitrogens with one attached hydrogen (secondary N) is 1. The van der Waals surface area contributed by atoms with Crippen LogP contribution in [0.1, 0.15) is 18.4 Å². The Labute approximate surface area is 107 Å². The number of nitrogens with zero attached hydrogens (tertiary/aromatic N) is 1. The number of halogens is 1. The van der Waals surface area contributed by atoms with Crippen molar-refractivity contribution in [2.24, 2.45) is 0 Å². The molecule has 1 heterocycles. The van der Waals surface area contributed by atoms with Crippen LogP contribution in [0.5, 0.6) is 0 Å². The highest BCUT2D eigenvalue weighted by atomic mass is 19.1. The zero-order valence-corrected chi connectivity index (χ0v) is 10.5. The van der Waals surface area contributed by atoms with Gasteiger partial charge in [0.25, 0.3) is 0 Å². The Bertz CT molecular complexity index is 414. The predicted molar refractivity (Wildman–Crippen MR) is 69.3 cm³/mol. The molecule has 3 nitrogen and oxygen atoms in total. The first-order chi connectivity index (χ1) is 8.84. The zero-order chi connectivity index (χ0) is 12.4. The van der Waals surface area contributed by atoms with Crippen LogP contribution < -0.4 is 10.2 Å². The van der Waals surface area contributed by atoms with E-state index in [2.05, 4.69) is 10.2 Å². The molecular weight excluding hydrogens is 231 g/mol. The van der Waals surface area contributed by atoms with Crippen LogP contribution in [0, 0.1) is 5.82 Å². The Hall–Kier alpha value is -1.13. The molecule has 0 aromatic heterocycles. The van der Waals surface area contributed by atoms with E-state index in [1.165, 1.54) is 12.8 Å². The lowest BCUT2D eigenvalue weighted by atomic mass is 10.1. The van der Waals surface area contributed by atoms with Crippen molar-refractivity contribution >= 4 is 5.69 Å². The SMILES string of the molecule is Fc1cccc(N2CCOCC2)c1CNC1CC1. The van der Waals surface area contributed by atoms with Gasteiger partial charge in [-0.25, -0.2) is 4.39 Å². The van der Waals surface area contributed by atoms with Gasteiger partial charge in [0.2, 0.25) is 0 Å². The van der Waals surface area contributed by atoms with Gasteiger partial charge in [-0.1, -0.05) is 6.07 Å². The summed E-state index contributed by atoms with van der Waals surface area (Å²) in [5.74, 6) is -0.104. The number of benzene rings is 1. The Kier molecular flexibility index (Phi) is 3.48. The molecule has 0 radical (unpaired) electrons. The van der Waals surface area contributed by atoms with Crippen molar-refractivity contribution < 1.29 is 9.13 Å². The third kappa shape index (κ3) is 2.65. The van der Waals surface area contributed by atoms with Crippen molar-refractivity contribution in [3.8, 4) is 0 Å². The van der Waals surface area contributed by atoms with E-state index >= 15 is 0 Å². The molecule has 0 atom stereocenters. The first-order valence-electron chi connectivity index (χ1n) is 6.68. The minimum atomic E-state index is -0.104. The molecule has 1 aliphatic carbocycles. The lowest BCUT2D eigenvalue weighted by molar-refractivity contribution is 0.122. The number of hydrogen-bond acceptors (Lipinski definition) is 3. The second-order valence-corrected chi connectivity index (χ2v) is 4.99. The average molecular weight is 250 g/mol. The van der Waals surface area contributed by atoms with Gasteiger partial charge in [-0.15, -0.1) is 0 Å². The molecule has 1 aliphatic heterocycles. The molecule has 2 fully saturated rings. The normalized spacial score (nSPS) is 20.2. The minimum Gasteiger partial charge on any atom is -0.378 e. The number of hydrogen-bond donors (Lipinski definition) is 1. The Balaban J connectivity index is 1.79. The molecule has 0 bridgehead atoms. The second-order valence-electron chi connectivity index (χ2n) is 4.99. The van der Waals surface area contributed by atoms with Crippen molar-refractivity contribution in [2.75, 3.05) is 31.2 Å². The van der Waals surface area contributed by atoms with E-state index in [9.17, 15) is 4.39 Å². The molecule has 3 rings (SSSR count). The Morgan fingerprint density at radius 2 is 2.06 bits per heavy atom. The summed E-state index contributed by atoms with van der Waals surface area (Å²) in [6.07, 6.45) is 2.45. The molecule has 18 heavy (non-hydrogen) atoms. The molecule has 1 saturated heterocycles. The molecule has 1 N–H and O–H groups in total. The van der Waals surface area contributed by atoms with Crippen molar-refractivity contribution in [1.82, 2.24) is 5.32 Å². The van der Waals surface area contributed by atoms with E-state index < -0.39 is 0 Å². The largest absolute Gasteiger partial charge is 0.378 e. The molecular formula is C14H19FN2O. The van der Waals surface area contributed by atoms with Gasteiger partial charge in [-0.05, 0) is 25.0 Å². The first-order valence-corrected chi connectivity index (χ1v) is 6.68. The van der Waals surface area contributed by atoms with Gasteiger partial charge >= 0.3 is 0 Å². The summed E-state index contributed by atoms with van der Waals surface area (Å²) in [6, 6.07) is 5.95.